The van der Waals surface area contributed by atoms with Crippen molar-refractivity contribution in [2.24, 2.45) is 5.92 Å². The molecule has 0 aliphatic heterocycles. The monoisotopic (exact) mass is 364 g/mol. The molecular formula is C25H36N2. The van der Waals surface area contributed by atoms with Crippen molar-refractivity contribution < 1.29 is 0 Å². The topological polar surface area (TPSA) is 25.8 Å². The number of aryl methyl sites for hydroxylation is 2. The van der Waals surface area contributed by atoms with Gasteiger partial charge in [-0.15, -0.1) is 0 Å². The number of hydrogen-bond acceptors (Lipinski definition) is 2. The molecule has 27 heavy (non-hydrogen) atoms. The molecule has 1 aromatic carbocycles. The van der Waals surface area contributed by atoms with E-state index < -0.39 is 0 Å². The predicted octanol–water partition coefficient (Wildman–Crippen LogP) is 6.95. The van der Waals surface area contributed by atoms with Crippen molar-refractivity contribution in [3.8, 4) is 11.4 Å². The molecule has 1 aliphatic carbocycles. The van der Waals surface area contributed by atoms with E-state index in [2.05, 4.69) is 44.3 Å². The third kappa shape index (κ3) is 5.89. The van der Waals surface area contributed by atoms with Crippen molar-refractivity contribution >= 4 is 0 Å². The van der Waals surface area contributed by atoms with Gasteiger partial charge in [-0.2, -0.15) is 0 Å². The fourth-order valence-corrected chi connectivity index (χ4v) is 4.23. The Morgan fingerprint density at radius 2 is 1.70 bits per heavy atom. The van der Waals surface area contributed by atoms with Crippen LogP contribution in [0.4, 0.5) is 0 Å². The molecule has 0 fully saturated rings. The Morgan fingerprint density at radius 1 is 0.926 bits per heavy atom. The summed E-state index contributed by atoms with van der Waals surface area (Å²) in [5.74, 6) is 1.74. The van der Waals surface area contributed by atoms with Gasteiger partial charge in [0.2, 0.25) is 0 Å². The molecule has 0 saturated heterocycles. The van der Waals surface area contributed by atoms with Crippen LogP contribution in [0.5, 0.6) is 0 Å². The molecule has 0 spiro atoms. The molecule has 1 unspecified atom stereocenters. The average molecular weight is 365 g/mol. The number of aromatic nitrogens is 2. The molecule has 2 nitrogen and oxygen atoms in total. The van der Waals surface area contributed by atoms with Crippen LogP contribution in [0.3, 0.4) is 0 Å². The number of unbranched alkanes of at least 4 members (excludes halogenated alkanes) is 5. The summed E-state index contributed by atoms with van der Waals surface area (Å²) in [5, 5.41) is 0. The van der Waals surface area contributed by atoms with Crippen molar-refractivity contribution in [1.82, 2.24) is 9.97 Å². The first kappa shape index (κ1) is 20.0. The fourth-order valence-electron chi connectivity index (χ4n) is 4.23. The summed E-state index contributed by atoms with van der Waals surface area (Å²) in [4.78, 5) is 9.62. The van der Waals surface area contributed by atoms with Gasteiger partial charge in [-0.25, -0.2) is 9.97 Å². The molecule has 1 aromatic heterocycles. The molecule has 3 rings (SSSR count). The average Bonchev–Trinajstić information content (AvgIpc) is 2.71. The lowest BCUT2D eigenvalue weighted by atomic mass is 9.84. The maximum atomic E-state index is 4.92. The summed E-state index contributed by atoms with van der Waals surface area (Å²) in [5.41, 5.74) is 5.26. The maximum Gasteiger partial charge on any atom is 0.159 e. The summed E-state index contributed by atoms with van der Waals surface area (Å²) in [6, 6.07) is 8.89. The van der Waals surface area contributed by atoms with Crippen LogP contribution in [0.25, 0.3) is 11.4 Å². The molecule has 0 bridgehead atoms. The zero-order chi connectivity index (χ0) is 18.9. The molecule has 0 saturated carbocycles. The number of fused-ring (bicyclic) bond motifs is 1. The Bertz CT molecular complexity index is 690. The largest absolute Gasteiger partial charge is 0.236 e. The first-order valence-corrected chi connectivity index (χ1v) is 11.2. The molecule has 1 aliphatic rings. The van der Waals surface area contributed by atoms with E-state index in [0.29, 0.717) is 0 Å². The predicted molar refractivity (Wildman–Crippen MR) is 115 cm³/mol. The van der Waals surface area contributed by atoms with Gasteiger partial charge in [-0.05, 0) is 49.1 Å². The first-order chi connectivity index (χ1) is 13.3. The van der Waals surface area contributed by atoms with Crippen LogP contribution in [-0.4, -0.2) is 9.97 Å². The van der Waals surface area contributed by atoms with E-state index in [4.69, 9.17) is 9.97 Å². The van der Waals surface area contributed by atoms with Crippen LogP contribution in [-0.2, 0) is 19.3 Å². The van der Waals surface area contributed by atoms with Gasteiger partial charge >= 0.3 is 0 Å². The van der Waals surface area contributed by atoms with E-state index in [1.54, 1.807) is 0 Å². The number of hydrogen-bond donors (Lipinski definition) is 0. The van der Waals surface area contributed by atoms with Crippen LogP contribution in [0.2, 0.25) is 0 Å². The van der Waals surface area contributed by atoms with Gasteiger partial charge in [-0.3, -0.25) is 0 Å². The maximum absolute atomic E-state index is 4.92. The van der Waals surface area contributed by atoms with Gasteiger partial charge in [0.1, 0.15) is 0 Å². The van der Waals surface area contributed by atoms with Gasteiger partial charge < -0.3 is 0 Å². The molecule has 2 heteroatoms. The Balaban J connectivity index is 1.58. The van der Waals surface area contributed by atoms with E-state index in [-0.39, 0.29) is 0 Å². The normalized spacial score (nSPS) is 16.3. The van der Waals surface area contributed by atoms with E-state index in [1.165, 1.54) is 87.4 Å². The van der Waals surface area contributed by atoms with Gasteiger partial charge in [-0.1, -0.05) is 83.1 Å². The lowest BCUT2D eigenvalue weighted by molar-refractivity contribution is 0.401. The van der Waals surface area contributed by atoms with E-state index in [1.807, 2.05) is 0 Å². The molecule has 146 valence electrons. The van der Waals surface area contributed by atoms with E-state index in [9.17, 15) is 0 Å². The second kappa shape index (κ2) is 10.6. The van der Waals surface area contributed by atoms with Crippen LogP contribution < -0.4 is 0 Å². The van der Waals surface area contributed by atoms with Crippen molar-refractivity contribution in [2.45, 2.75) is 90.9 Å². The van der Waals surface area contributed by atoms with Crippen LogP contribution in [0.1, 0.15) is 88.5 Å². The highest BCUT2D eigenvalue weighted by Crippen LogP contribution is 2.29. The minimum atomic E-state index is 0.839. The minimum Gasteiger partial charge on any atom is -0.236 e. The first-order valence-electron chi connectivity index (χ1n) is 11.2. The number of benzene rings is 1. The standard InChI is InChI=1S/C25H36N2/c1-3-5-7-9-11-21-14-17-24-23(18-21)19-26-25(27-24)22-15-12-20(13-16-22)10-8-6-4-2/h12-13,15-16,19,21H,3-11,14,17-18H2,1-2H3. The minimum absolute atomic E-state index is 0.839. The second-order valence-electron chi connectivity index (χ2n) is 8.28. The second-order valence-corrected chi connectivity index (χ2v) is 8.28. The van der Waals surface area contributed by atoms with E-state index in [0.717, 1.165) is 23.7 Å². The van der Waals surface area contributed by atoms with E-state index >= 15 is 0 Å². The summed E-state index contributed by atoms with van der Waals surface area (Å²) in [6.07, 6.45) is 17.6. The molecular weight excluding hydrogens is 328 g/mol. The molecule has 1 atom stereocenters. The Morgan fingerprint density at radius 3 is 2.48 bits per heavy atom. The van der Waals surface area contributed by atoms with Crippen LogP contribution >= 0.6 is 0 Å². The highest BCUT2D eigenvalue weighted by molar-refractivity contribution is 5.55. The smallest absolute Gasteiger partial charge is 0.159 e. The van der Waals surface area contributed by atoms with Crippen molar-refractivity contribution in [2.75, 3.05) is 0 Å². The van der Waals surface area contributed by atoms with Crippen molar-refractivity contribution in [3.05, 3.63) is 47.3 Å². The molecule has 0 N–H and O–H groups in total. The molecule has 1 heterocycles. The SMILES string of the molecule is CCCCCCC1CCc2nc(-c3ccc(CCCCC)cc3)ncc2C1. The lowest BCUT2D eigenvalue weighted by Crippen LogP contribution is -2.16. The molecule has 0 radical (unpaired) electrons. The van der Waals surface area contributed by atoms with Gasteiger partial charge in [0.15, 0.2) is 5.82 Å². The quantitative estimate of drug-likeness (QED) is 0.426. The highest BCUT2D eigenvalue weighted by Gasteiger charge is 2.20. The Labute approximate surface area is 165 Å². The number of rotatable bonds is 10. The zero-order valence-electron chi connectivity index (χ0n) is 17.3. The van der Waals surface area contributed by atoms with Gasteiger partial charge in [0.05, 0.1) is 0 Å². The van der Waals surface area contributed by atoms with Crippen LogP contribution in [0, 0.1) is 5.92 Å². The van der Waals surface area contributed by atoms with Crippen molar-refractivity contribution in [3.63, 3.8) is 0 Å². The van der Waals surface area contributed by atoms with Crippen molar-refractivity contribution in [1.29, 1.82) is 0 Å². The molecule has 0 amide bonds. The summed E-state index contributed by atoms with van der Waals surface area (Å²) in [7, 11) is 0. The summed E-state index contributed by atoms with van der Waals surface area (Å²) >= 11 is 0. The highest BCUT2D eigenvalue weighted by atomic mass is 14.9. The summed E-state index contributed by atoms with van der Waals surface area (Å²) in [6.45, 7) is 4.54. The zero-order valence-corrected chi connectivity index (χ0v) is 17.3. The van der Waals surface area contributed by atoms with Crippen LogP contribution in [0.15, 0.2) is 30.5 Å². The molecule has 2 aromatic rings. The van der Waals surface area contributed by atoms with Gasteiger partial charge in [0.25, 0.3) is 0 Å². The number of nitrogens with zero attached hydrogens (tertiary/aromatic N) is 2. The lowest BCUT2D eigenvalue weighted by Gasteiger charge is -2.24. The third-order valence-electron chi connectivity index (χ3n) is 6.00. The third-order valence-corrected chi connectivity index (χ3v) is 6.00. The Hall–Kier alpha value is -1.70. The fraction of sp³-hybridized carbons (Fsp3) is 0.600. The Kier molecular flexibility index (Phi) is 7.86. The summed E-state index contributed by atoms with van der Waals surface area (Å²) < 4.78 is 0. The van der Waals surface area contributed by atoms with Gasteiger partial charge in [0, 0.05) is 17.5 Å².